The second kappa shape index (κ2) is 8.43. The SMILES string of the molecule is O=C(Nc1c(F)c(F)c(F)c(F)c1F)C(Sc1ccccc1)c1ccccc1. The number of anilines is 1. The Labute approximate surface area is 161 Å². The Morgan fingerprint density at radius 3 is 1.71 bits per heavy atom. The molecule has 0 heterocycles. The van der Waals surface area contributed by atoms with Crippen molar-refractivity contribution in [3.05, 3.63) is 95.3 Å². The number of hydrogen-bond donors (Lipinski definition) is 1. The summed E-state index contributed by atoms with van der Waals surface area (Å²) in [5, 5.41) is 0.862. The Morgan fingerprint density at radius 1 is 0.714 bits per heavy atom. The van der Waals surface area contributed by atoms with Gasteiger partial charge in [0.05, 0.1) is 0 Å². The average molecular weight is 409 g/mol. The van der Waals surface area contributed by atoms with Gasteiger partial charge in [-0.2, -0.15) is 0 Å². The van der Waals surface area contributed by atoms with E-state index in [9.17, 15) is 26.7 Å². The Morgan fingerprint density at radius 2 is 1.18 bits per heavy atom. The highest BCUT2D eigenvalue weighted by Crippen LogP contribution is 2.37. The first-order chi connectivity index (χ1) is 13.4. The van der Waals surface area contributed by atoms with Crippen molar-refractivity contribution in [2.75, 3.05) is 5.32 Å². The predicted octanol–water partition coefficient (Wildman–Crippen LogP) is 5.85. The predicted molar refractivity (Wildman–Crippen MR) is 96.3 cm³/mol. The number of thioether (sulfide) groups is 1. The van der Waals surface area contributed by atoms with Crippen molar-refractivity contribution < 1.29 is 26.7 Å². The minimum absolute atomic E-state index is 0.498. The third kappa shape index (κ3) is 4.01. The maximum absolute atomic E-state index is 13.9. The van der Waals surface area contributed by atoms with E-state index in [4.69, 9.17) is 0 Å². The van der Waals surface area contributed by atoms with Gasteiger partial charge >= 0.3 is 0 Å². The number of benzene rings is 3. The number of amides is 1. The molecule has 1 N–H and O–H groups in total. The van der Waals surface area contributed by atoms with Crippen molar-refractivity contribution in [2.24, 2.45) is 0 Å². The molecule has 1 amide bonds. The molecule has 3 aromatic carbocycles. The Bertz CT molecular complexity index is 969. The van der Waals surface area contributed by atoms with Crippen molar-refractivity contribution >= 4 is 23.4 Å². The van der Waals surface area contributed by atoms with E-state index in [1.165, 1.54) is 0 Å². The van der Waals surface area contributed by atoms with Crippen LogP contribution in [0.4, 0.5) is 27.6 Å². The van der Waals surface area contributed by atoms with Crippen LogP contribution in [0.15, 0.2) is 65.6 Å². The van der Waals surface area contributed by atoms with Gasteiger partial charge in [0, 0.05) is 4.90 Å². The Hall–Kier alpha value is -2.87. The standard InChI is InChI=1S/C20H12F5NOS/c21-13-14(22)16(24)18(17(25)15(13)23)26-20(27)19(11-7-3-1-4-8-11)28-12-9-5-2-6-10-12/h1-10,19H,(H,26,27). The summed E-state index contributed by atoms with van der Waals surface area (Å²) in [6, 6.07) is 17.0. The second-order valence-electron chi connectivity index (χ2n) is 5.66. The van der Waals surface area contributed by atoms with Gasteiger partial charge < -0.3 is 5.32 Å². The largest absolute Gasteiger partial charge is 0.320 e. The fourth-order valence-electron chi connectivity index (χ4n) is 2.44. The van der Waals surface area contributed by atoms with Gasteiger partial charge in [-0.25, -0.2) is 22.0 Å². The lowest BCUT2D eigenvalue weighted by molar-refractivity contribution is -0.115. The van der Waals surface area contributed by atoms with Gasteiger partial charge in [0.2, 0.25) is 11.7 Å². The summed E-state index contributed by atoms with van der Waals surface area (Å²) in [6.45, 7) is 0. The second-order valence-corrected chi connectivity index (χ2v) is 6.83. The van der Waals surface area contributed by atoms with E-state index in [0.29, 0.717) is 10.5 Å². The van der Waals surface area contributed by atoms with Crippen LogP contribution in [0.2, 0.25) is 0 Å². The summed E-state index contributed by atoms with van der Waals surface area (Å²) in [7, 11) is 0. The maximum atomic E-state index is 13.9. The molecule has 0 fully saturated rings. The summed E-state index contributed by atoms with van der Waals surface area (Å²) in [6.07, 6.45) is 0. The van der Waals surface area contributed by atoms with Gasteiger partial charge in [-0.15, -0.1) is 11.8 Å². The third-order valence-electron chi connectivity index (χ3n) is 3.80. The van der Waals surface area contributed by atoms with Crippen molar-refractivity contribution in [2.45, 2.75) is 10.1 Å². The molecule has 0 saturated heterocycles. The molecular formula is C20H12F5NOS. The molecule has 0 radical (unpaired) electrons. The van der Waals surface area contributed by atoms with Crippen LogP contribution in [-0.4, -0.2) is 5.91 Å². The normalized spacial score (nSPS) is 11.9. The quantitative estimate of drug-likeness (QED) is 0.248. The molecule has 28 heavy (non-hydrogen) atoms. The summed E-state index contributed by atoms with van der Waals surface area (Å²) < 4.78 is 67.8. The zero-order valence-corrected chi connectivity index (χ0v) is 14.9. The van der Waals surface area contributed by atoms with E-state index in [1.807, 2.05) is 5.32 Å². The third-order valence-corrected chi connectivity index (χ3v) is 5.06. The Balaban J connectivity index is 1.97. The van der Waals surface area contributed by atoms with Crippen LogP contribution in [0.1, 0.15) is 10.8 Å². The highest BCUT2D eigenvalue weighted by molar-refractivity contribution is 8.00. The molecule has 2 nitrogen and oxygen atoms in total. The minimum Gasteiger partial charge on any atom is -0.320 e. The zero-order chi connectivity index (χ0) is 20.3. The van der Waals surface area contributed by atoms with Crippen LogP contribution in [0.3, 0.4) is 0 Å². The molecule has 0 aliphatic rings. The van der Waals surface area contributed by atoms with E-state index >= 15 is 0 Å². The lowest BCUT2D eigenvalue weighted by atomic mass is 10.1. The van der Waals surface area contributed by atoms with E-state index in [1.54, 1.807) is 60.7 Å². The monoisotopic (exact) mass is 409 g/mol. The smallest absolute Gasteiger partial charge is 0.242 e. The molecule has 0 aromatic heterocycles. The minimum atomic E-state index is -2.29. The molecule has 0 bridgehead atoms. The van der Waals surface area contributed by atoms with Crippen LogP contribution in [0.5, 0.6) is 0 Å². The van der Waals surface area contributed by atoms with Crippen LogP contribution < -0.4 is 5.32 Å². The molecule has 0 aliphatic heterocycles. The molecular weight excluding hydrogens is 397 g/mol. The van der Waals surface area contributed by atoms with Gasteiger partial charge in [-0.3, -0.25) is 4.79 Å². The molecule has 144 valence electrons. The highest BCUT2D eigenvalue weighted by atomic mass is 32.2. The van der Waals surface area contributed by atoms with Crippen molar-refractivity contribution in [1.82, 2.24) is 0 Å². The summed E-state index contributed by atoms with van der Waals surface area (Å²) in [4.78, 5) is 13.4. The van der Waals surface area contributed by atoms with Gasteiger partial charge in [0.25, 0.3) is 0 Å². The Kier molecular flexibility index (Phi) is 5.99. The first-order valence-electron chi connectivity index (χ1n) is 7.99. The fourth-order valence-corrected chi connectivity index (χ4v) is 3.48. The van der Waals surface area contributed by atoms with Crippen LogP contribution in [0.25, 0.3) is 0 Å². The zero-order valence-electron chi connectivity index (χ0n) is 14.1. The first-order valence-corrected chi connectivity index (χ1v) is 8.87. The fraction of sp³-hybridized carbons (Fsp3) is 0.0500. The van der Waals surface area contributed by atoms with Crippen molar-refractivity contribution in [3.63, 3.8) is 0 Å². The molecule has 0 saturated carbocycles. The summed E-state index contributed by atoms with van der Waals surface area (Å²) >= 11 is 1.07. The molecule has 0 spiro atoms. The lowest BCUT2D eigenvalue weighted by Gasteiger charge is -2.18. The van der Waals surface area contributed by atoms with Gasteiger partial charge in [-0.1, -0.05) is 48.5 Å². The summed E-state index contributed by atoms with van der Waals surface area (Å²) in [5.41, 5.74) is -0.881. The number of carbonyl (C=O) groups is 1. The first kappa shape index (κ1) is 19.9. The van der Waals surface area contributed by atoms with E-state index < -0.39 is 45.9 Å². The lowest BCUT2D eigenvalue weighted by Crippen LogP contribution is -2.22. The number of carbonyl (C=O) groups excluding carboxylic acids is 1. The van der Waals surface area contributed by atoms with E-state index in [-0.39, 0.29) is 0 Å². The topological polar surface area (TPSA) is 29.1 Å². The van der Waals surface area contributed by atoms with E-state index in [0.717, 1.165) is 11.8 Å². The number of hydrogen-bond acceptors (Lipinski definition) is 2. The van der Waals surface area contributed by atoms with Crippen LogP contribution in [0, 0.1) is 29.1 Å². The molecule has 3 aromatic rings. The molecule has 0 aliphatic carbocycles. The van der Waals surface area contributed by atoms with Gasteiger partial charge in [0.1, 0.15) is 10.9 Å². The number of nitrogens with one attached hydrogen (secondary N) is 1. The van der Waals surface area contributed by atoms with Crippen LogP contribution in [-0.2, 0) is 4.79 Å². The molecule has 1 unspecified atom stereocenters. The van der Waals surface area contributed by atoms with Crippen molar-refractivity contribution in [3.8, 4) is 0 Å². The van der Waals surface area contributed by atoms with Crippen molar-refractivity contribution in [1.29, 1.82) is 0 Å². The van der Waals surface area contributed by atoms with Gasteiger partial charge in [0.15, 0.2) is 23.3 Å². The van der Waals surface area contributed by atoms with E-state index in [2.05, 4.69) is 0 Å². The highest BCUT2D eigenvalue weighted by Gasteiger charge is 2.29. The van der Waals surface area contributed by atoms with Crippen LogP contribution >= 0.6 is 11.8 Å². The maximum Gasteiger partial charge on any atom is 0.242 e. The average Bonchev–Trinajstić information content (AvgIpc) is 2.73. The molecule has 3 rings (SSSR count). The number of halogens is 5. The molecule has 1 atom stereocenters. The van der Waals surface area contributed by atoms with Gasteiger partial charge in [-0.05, 0) is 17.7 Å². The molecule has 8 heteroatoms. The summed E-state index contributed by atoms with van der Waals surface area (Å²) in [5.74, 6) is -11.7. The number of rotatable bonds is 5.